The van der Waals surface area contributed by atoms with Gasteiger partial charge in [-0.3, -0.25) is 14.4 Å². The average molecular weight is 1040 g/mol. The summed E-state index contributed by atoms with van der Waals surface area (Å²) in [6, 6.07) is 0. The van der Waals surface area contributed by atoms with Crippen LogP contribution in [0.5, 0.6) is 0 Å². The first kappa shape index (κ1) is 70.8. The summed E-state index contributed by atoms with van der Waals surface area (Å²) >= 11 is 0. The quantitative estimate of drug-likeness (QED) is 0.0261. The lowest BCUT2D eigenvalue weighted by molar-refractivity contribution is -0.167. The van der Waals surface area contributed by atoms with Crippen molar-refractivity contribution < 1.29 is 28.6 Å². The topological polar surface area (TPSA) is 78.9 Å². The van der Waals surface area contributed by atoms with E-state index in [9.17, 15) is 14.4 Å². The number of esters is 3. The highest BCUT2D eigenvalue weighted by Gasteiger charge is 2.19. The minimum absolute atomic E-state index is 0.101. The maximum Gasteiger partial charge on any atom is 0.306 e. The largest absolute Gasteiger partial charge is 0.462 e. The minimum Gasteiger partial charge on any atom is -0.462 e. The third-order valence-corrected chi connectivity index (χ3v) is 12.9. The third-order valence-electron chi connectivity index (χ3n) is 12.9. The summed E-state index contributed by atoms with van der Waals surface area (Å²) in [5.74, 6) is -0.957. The van der Waals surface area contributed by atoms with Crippen LogP contribution in [0, 0.1) is 0 Å². The number of carbonyl (C=O) groups excluding carboxylic acids is 3. The van der Waals surface area contributed by atoms with Crippen LogP contribution in [-0.2, 0) is 28.6 Å². The van der Waals surface area contributed by atoms with Gasteiger partial charge in [0.05, 0.1) is 0 Å². The van der Waals surface area contributed by atoms with Crippen LogP contribution >= 0.6 is 0 Å². The number of hydrogen-bond acceptors (Lipinski definition) is 6. The van der Waals surface area contributed by atoms with Crippen LogP contribution in [0.2, 0.25) is 0 Å². The van der Waals surface area contributed by atoms with Crippen molar-refractivity contribution in [2.45, 2.75) is 284 Å². The summed E-state index contributed by atoms with van der Waals surface area (Å²) in [7, 11) is 0. The molecule has 0 fully saturated rings. The van der Waals surface area contributed by atoms with Gasteiger partial charge in [-0.1, -0.05) is 251 Å². The van der Waals surface area contributed by atoms with Gasteiger partial charge in [0.15, 0.2) is 6.10 Å². The van der Waals surface area contributed by atoms with E-state index in [0.29, 0.717) is 19.3 Å². The Kier molecular flexibility index (Phi) is 58.9. The van der Waals surface area contributed by atoms with Crippen LogP contribution < -0.4 is 0 Å². The fourth-order valence-corrected chi connectivity index (χ4v) is 8.34. The molecular formula is C69H114O6. The second-order valence-corrected chi connectivity index (χ2v) is 20.2. The normalized spacial score (nSPS) is 12.9. The van der Waals surface area contributed by atoms with Crippen LogP contribution in [0.1, 0.15) is 278 Å². The van der Waals surface area contributed by atoms with E-state index < -0.39 is 6.10 Å². The lowest BCUT2D eigenvalue weighted by atomic mass is 10.0. The zero-order valence-electron chi connectivity index (χ0n) is 48.8. The SMILES string of the molecule is CC/C=C\C/C=C\C/C=C\C/C=C\CCCCCCCCC(=O)OC(COC(=O)CCCC/C=C\C/C=C\C/C=C\C/C=C\CC)COC(=O)CCCCCCCCCCCCC/C=C\C/C=C\CCCCCCC. The molecule has 0 spiro atoms. The first-order valence-corrected chi connectivity index (χ1v) is 31.0. The van der Waals surface area contributed by atoms with Gasteiger partial charge in [-0.05, 0) is 128 Å². The molecule has 0 aromatic carbocycles. The third kappa shape index (κ3) is 60.6. The van der Waals surface area contributed by atoms with Crippen molar-refractivity contribution >= 4 is 17.9 Å². The lowest BCUT2D eigenvalue weighted by Gasteiger charge is -2.18. The molecule has 6 nitrogen and oxygen atoms in total. The maximum atomic E-state index is 12.9. The Bertz CT molecular complexity index is 1570. The number of allylic oxidation sites excluding steroid dienone is 20. The van der Waals surface area contributed by atoms with Gasteiger partial charge in [-0.25, -0.2) is 0 Å². The van der Waals surface area contributed by atoms with E-state index in [2.05, 4.69) is 142 Å². The molecule has 0 aromatic rings. The fourth-order valence-electron chi connectivity index (χ4n) is 8.34. The van der Waals surface area contributed by atoms with Gasteiger partial charge < -0.3 is 14.2 Å². The summed E-state index contributed by atoms with van der Waals surface area (Å²) in [6.45, 7) is 6.36. The molecule has 426 valence electrons. The standard InChI is InChI=1S/C69H114O6/c1-4-7-10-13-16-19-22-25-28-30-32-33-34-35-37-38-41-44-47-50-53-56-59-62-68(71)74-65-66(64-73-67(70)61-58-55-52-49-46-43-40-27-24-21-18-15-12-9-6-3)75-69(72)63-60-57-54-51-48-45-42-39-36-31-29-26-23-20-17-14-11-8-5-2/h8-9,11-12,17-18,20-22,25-27,29-30,32,36,39-40,46,49,66H,4-7,10,13-16,19,23-24,28,31,33-35,37-38,41-45,47-48,50-65H2,1-3H3/b11-8-,12-9-,20-17-,21-18-,25-22-,29-26-,32-30-,39-36-,40-27-,49-46-. The van der Waals surface area contributed by atoms with Crippen molar-refractivity contribution in [1.82, 2.24) is 0 Å². The number of carbonyl (C=O) groups is 3. The van der Waals surface area contributed by atoms with E-state index in [0.717, 1.165) is 128 Å². The van der Waals surface area contributed by atoms with Gasteiger partial charge in [-0.15, -0.1) is 0 Å². The molecule has 0 aliphatic heterocycles. The molecule has 0 aliphatic carbocycles. The van der Waals surface area contributed by atoms with Gasteiger partial charge in [0.25, 0.3) is 0 Å². The first-order chi connectivity index (χ1) is 37.0. The molecule has 0 saturated carbocycles. The second kappa shape index (κ2) is 62.4. The van der Waals surface area contributed by atoms with E-state index in [1.165, 1.54) is 109 Å². The summed E-state index contributed by atoms with van der Waals surface area (Å²) in [5, 5.41) is 0. The highest BCUT2D eigenvalue weighted by Crippen LogP contribution is 2.15. The van der Waals surface area contributed by atoms with Crippen molar-refractivity contribution in [3.63, 3.8) is 0 Å². The maximum absolute atomic E-state index is 12.9. The van der Waals surface area contributed by atoms with Gasteiger partial charge in [0.2, 0.25) is 0 Å². The molecule has 75 heavy (non-hydrogen) atoms. The average Bonchev–Trinajstić information content (AvgIpc) is 3.41. The monoisotopic (exact) mass is 1040 g/mol. The molecule has 0 radical (unpaired) electrons. The Labute approximate surface area is 462 Å². The fraction of sp³-hybridized carbons (Fsp3) is 0.667. The van der Waals surface area contributed by atoms with Crippen LogP contribution in [0.3, 0.4) is 0 Å². The highest BCUT2D eigenvalue weighted by molar-refractivity contribution is 5.71. The number of unbranched alkanes of at least 4 members (excludes halogenated alkanes) is 24. The van der Waals surface area contributed by atoms with E-state index in [-0.39, 0.29) is 31.1 Å². The first-order valence-electron chi connectivity index (χ1n) is 31.0. The van der Waals surface area contributed by atoms with Gasteiger partial charge in [0, 0.05) is 19.3 Å². The minimum atomic E-state index is -0.808. The molecule has 0 amide bonds. The van der Waals surface area contributed by atoms with Crippen LogP contribution in [0.4, 0.5) is 0 Å². The number of rotatable bonds is 55. The van der Waals surface area contributed by atoms with E-state index in [1.54, 1.807) is 0 Å². The van der Waals surface area contributed by atoms with Crippen molar-refractivity contribution in [3.8, 4) is 0 Å². The zero-order valence-corrected chi connectivity index (χ0v) is 48.8. The summed E-state index contributed by atoms with van der Waals surface area (Å²) in [5.41, 5.74) is 0. The Morgan fingerprint density at radius 2 is 0.520 bits per heavy atom. The summed E-state index contributed by atoms with van der Waals surface area (Å²) in [6.07, 6.45) is 86.3. The molecule has 0 saturated heterocycles. The molecule has 0 rings (SSSR count). The molecule has 0 aromatic heterocycles. The second-order valence-electron chi connectivity index (χ2n) is 20.2. The zero-order chi connectivity index (χ0) is 54.3. The number of ether oxygens (including phenoxy) is 3. The molecule has 0 bridgehead atoms. The van der Waals surface area contributed by atoms with Crippen LogP contribution in [0.25, 0.3) is 0 Å². The molecular weight excluding hydrogens is 925 g/mol. The number of hydrogen-bond donors (Lipinski definition) is 0. The molecule has 1 unspecified atom stereocenters. The van der Waals surface area contributed by atoms with E-state index in [1.807, 2.05) is 0 Å². The Morgan fingerprint density at radius 3 is 0.840 bits per heavy atom. The van der Waals surface area contributed by atoms with Gasteiger partial charge in [0.1, 0.15) is 13.2 Å². The molecule has 0 N–H and O–H groups in total. The summed E-state index contributed by atoms with van der Waals surface area (Å²) < 4.78 is 16.9. The molecule has 6 heteroatoms. The van der Waals surface area contributed by atoms with Crippen LogP contribution in [-0.4, -0.2) is 37.2 Å². The predicted molar refractivity (Wildman–Crippen MR) is 325 cm³/mol. The van der Waals surface area contributed by atoms with Crippen molar-refractivity contribution in [2.75, 3.05) is 13.2 Å². The van der Waals surface area contributed by atoms with Crippen molar-refractivity contribution in [1.29, 1.82) is 0 Å². The predicted octanol–water partition coefficient (Wildman–Crippen LogP) is 21.2. The Balaban J connectivity index is 4.43. The summed E-state index contributed by atoms with van der Waals surface area (Å²) in [4.78, 5) is 38.3. The van der Waals surface area contributed by atoms with Crippen molar-refractivity contribution in [3.05, 3.63) is 122 Å². The molecule has 1 atom stereocenters. The van der Waals surface area contributed by atoms with E-state index in [4.69, 9.17) is 14.2 Å². The van der Waals surface area contributed by atoms with Crippen LogP contribution in [0.15, 0.2) is 122 Å². The Hall–Kier alpha value is -4.19. The van der Waals surface area contributed by atoms with Gasteiger partial charge >= 0.3 is 17.9 Å². The van der Waals surface area contributed by atoms with E-state index >= 15 is 0 Å². The lowest BCUT2D eigenvalue weighted by Crippen LogP contribution is -2.30. The smallest absolute Gasteiger partial charge is 0.306 e. The molecule has 0 heterocycles. The Morgan fingerprint density at radius 1 is 0.280 bits per heavy atom. The van der Waals surface area contributed by atoms with Crippen molar-refractivity contribution in [2.24, 2.45) is 0 Å². The van der Waals surface area contributed by atoms with Gasteiger partial charge in [-0.2, -0.15) is 0 Å². The highest BCUT2D eigenvalue weighted by atomic mass is 16.6. The molecule has 0 aliphatic rings.